The smallest absolute Gasteiger partial charge is 0.0558 e. The quantitative estimate of drug-likeness (QED) is 0.685. The lowest BCUT2D eigenvalue weighted by Gasteiger charge is -2.37. The van der Waals surface area contributed by atoms with Crippen LogP contribution in [0, 0.1) is 5.92 Å². The SMILES string of the molecule is OCCN1CCN(C[C@@H]2CCCNC2)CC1. The molecule has 0 amide bonds. The van der Waals surface area contributed by atoms with Crippen LogP contribution >= 0.6 is 0 Å². The van der Waals surface area contributed by atoms with Crippen LogP contribution in [0.5, 0.6) is 0 Å². The standard InChI is InChI=1S/C12H25N3O/c16-9-8-14-4-6-15(7-5-14)11-12-2-1-3-13-10-12/h12-13,16H,1-11H2/t12-/m1/s1. The molecule has 4 heteroatoms. The van der Waals surface area contributed by atoms with Crippen molar-refractivity contribution >= 4 is 0 Å². The molecule has 1 atom stereocenters. The Bertz CT molecular complexity index is 187. The van der Waals surface area contributed by atoms with Crippen LogP contribution in [-0.4, -0.2) is 73.9 Å². The van der Waals surface area contributed by atoms with Crippen LogP contribution in [0.3, 0.4) is 0 Å². The number of hydrogen-bond acceptors (Lipinski definition) is 4. The summed E-state index contributed by atoms with van der Waals surface area (Å²) in [6.07, 6.45) is 2.74. The Hall–Kier alpha value is -0.160. The van der Waals surface area contributed by atoms with Crippen LogP contribution in [0.2, 0.25) is 0 Å². The molecule has 0 spiro atoms. The molecule has 0 radical (unpaired) electrons. The zero-order valence-electron chi connectivity index (χ0n) is 10.2. The van der Waals surface area contributed by atoms with E-state index in [1.165, 1.54) is 45.6 Å². The third kappa shape index (κ3) is 3.70. The number of nitrogens with zero attached hydrogens (tertiary/aromatic N) is 2. The molecule has 0 aromatic rings. The van der Waals surface area contributed by atoms with Crippen molar-refractivity contribution in [2.75, 3.05) is 59.0 Å². The van der Waals surface area contributed by atoms with Gasteiger partial charge in [0.1, 0.15) is 0 Å². The second kappa shape index (κ2) is 6.55. The molecule has 2 aliphatic rings. The maximum atomic E-state index is 8.88. The Morgan fingerprint density at radius 3 is 2.50 bits per heavy atom. The van der Waals surface area contributed by atoms with Gasteiger partial charge in [-0.15, -0.1) is 0 Å². The van der Waals surface area contributed by atoms with Crippen LogP contribution in [-0.2, 0) is 0 Å². The van der Waals surface area contributed by atoms with Crippen molar-refractivity contribution in [1.82, 2.24) is 15.1 Å². The van der Waals surface area contributed by atoms with E-state index in [1.54, 1.807) is 0 Å². The highest BCUT2D eigenvalue weighted by Gasteiger charge is 2.20. The third-order valence-corrected chi connectivity index (χ3v) is 3.80. The predicted octanol–water partition coefficient (Wildman–Crippen LogP) is -0.404. The molecule has 2 N–H and O–H groups in total. The first-order chi connectivity index (χ1) is 7.88. The van der Waals surface area contributed by atoms with Crippen molar-refractivity contribution < 1.29 is 5.11 Å². The lowest BCUT2D eigenvalue weighted by molar-refractivity contribution is 0.0976. The number of β-amino-alcohol motifs (C(OH)–C–C–N with tert-alkyl or cyclic N) is 1. The molecule has 2 fully saturated rings. The van der Waals surface area contributed by atoms with Gasteiger partial charge in [0.2, 0.25) is 0 Å². The molecule has 0 saturated carbocycles. The summed E-state index contributed by atoms with van der Waals surface area (Å²) in [5.41, 5.74) is 0. The van der Waals surface area contributed by atoms with Crippen LogP contribution in [0.15, 0.2) is 0 Å². The minimum atomic E-state index is 0.298. The number of aliphatic hydroxyl groups is 1. The van der Waals surface area contributed by atoms with E-state index in [2.05, 4.69) is 15.1 Å². The lowest BCUT2D eigenvalue weighted by atomic mass is 9.99. The van der Waals surface area contributed by atoms with Gasteiger partial charge in [0.25, 0.3) is 0 Å². The van der Waals surface area contributed by atoms with Gasteiger partial charge in [-0.2, -0.15) is 0 Å². The first-order valence-corrected chi connectivity index (χ1v) is 6.65. The summed E-state index contributed by atoms with van der Waals surface area (Å²) in [5, 5.41) is 12.4. The summed E-state index contributed by atoms with van der Waals surface area (Å²) in [6.45, 7) is 9.43. The molecule has 0 aromatic carbocycles. The van der Waals surface area contributed by atoms with Gasteiger partial charge in [-0.1, -0.05) is 0 Å². The third-order valence-electron chi connectivity index (χ3n) is 3.80. The molecule has 0 aliphatic carbocycles. The van der Waals surface area contributed by atoms with E-state index in [0.717, 1.165) is 25.6 Å². The van der Waals surface area contributed by atoms with Gasteiger partial charge in [0.05, 0.1) is 6.61 Å². The van der Waals surface area contributed by atoms with Crippen molar-refractivity contribution in [3.8, 4) is 0 Å². The Kier molecular flexibility index (Phi) is 5.03. The Labute approximate surface area is 98.6 Å². The van der Waals surface area contributed by atoms with Crippen LogP contribution in [0.4, 0.5) is 0 Å². The summed E-state index contributed by atoms with van der Waals surface area (Å²) in [4.78, 5) is 4.95. The van der Waals surface area contributed by atoms with Gasteiger partial charge in [0.15, 0.2) is 0 Å². The fraction of sp³-hybridized carbons (Fsp3) is 1.00. The number of hydrogen-bond donors (Lipinski definition) is 2. The number of piperazine rings is 1. The maximum Gasteiger partial charge on any atom is 0.0558 e. The minimum Gasteiger partial charge on any atom is -0.395 e. The molecule has 0 bridgehead atoms. The number of piperidine rings is 1. The van der Waals surface area contributed by atoms with Gasteiger partial charge >= 0.3 is 0 Å². The zero-order chi connectivity index (χ0) is 11.2. The molecule has 2 heterocycles. The van der Waals surface area contributed by atoms with E-state index < -0.39 is 0 Å². The van der Waals surface area contributed by atoms with Gasteiger partial charge in [-0.05, 0) is 31.8 Å². The molecule has 16 heavy (non-hydrogen) atoms. The highest BCUT2D eigenvalue weighted by molar-refractivity contribution is 4.77. The van der Waals surface area contributed by atoms with E-state index >= 15 is 0 Å². The molecular formula is C12H25N3O. The minimum absolute atomic E-state index is 0.298. The molecule has 94 valence electrons. The second-order valence-electron chi connectivity index (χ2n) is 5.08. The Morgan fingerprint density at radius 2 is 1.88 bits per heavy atom. The number of aliphatic hydroxyl groups excluding tert-OH is 1. The molecule has 0 aromatic heterocycles. The van der Waals surface area contributed by atoms with E-state index in [9.17, 15) is 0 Å². The van der Waals surface area contributed by atoms with Crippen LogP contribution in [0.1, 0.15) is 12.8 Å². The zero-order valence-corrected chi connectivity index (χ0v) is 10.2. The molecular weight excluding hydrogens is 202 g/mol. The van der Waals surface area contributed by atoms with E-state index in [1.807, 2.05) is 0 Å². The summed E-state index contributed by atoms with van der Waals surface area (Å²) >= 11 is 0. The van der Waals surface area contributed by atoms with Gasteiger partial charge in [-0.25, -0.2) is 0 Å². The number of nitrogens with one attached hydrogen (secondary N) is 1. The Morgan fingerprint density at radius 1 is 1.12 bits per heavy atom. The van der Waals surface area contributed by atoms with E-state index in [0.29, 0.717) is 6.61 Å². The fourth-order valence-electron chi connectivity index (χ4n) is 2.78. The summed E-state index contributed by atoms with van der Waals surface area (Å²) in [7, 11) is 0. The van der Waals surface area contributed by atoms with Gasteiger partial charge < -0.3 is 15.3 Å². The fourth-order valence-corrected chi connectivity index (χ4v) is 2.78. The molecule has 4 nitrogen and oxygen atoms in total. The average molecular weight is 227 g/mol. The van der Waals surface area contributed by atoms with Crippen molar-refractivity contribution in [2.24, 2.45) is 5.92 Å². The topological polar surface area (TPSA) is 38.7 Å². The molecule has 2 aliphatic heterocycles. The summed E-state index contributed by atoms with van der Waals surface area (Å²) in [6, 6.07) is 0. The van der Waals surface area contributed by atoms with E-state index in [-0.39, 0.29) is 0 Å². The van der Waals surface area contributed by atoms with Crippen molar-refractivity contribution in [2.45, 2.75) is 12.8 Å². The average Bonchev–Trinajstić information content (AvgIpc) is 2.33. The molecule has 2 saturated heterocycles. The van der Waals surface area contributed by atoms with Crippen molar-refractivity contribution in [1.29, 1.82) is 0 Å². The first-order valence-electron chi connectivity index (χ1n) is 6.65. The predicted molar refractivity (Wildman–Crippen MR) is 65.6 cm³/mol. The monoisotopic (exact) mass is 227 g/mol. The highest BCUT2D eigenvalue weighted by atomic mass is 16.3. The maximum absolute atomic E-state index is 8.88. The lowest BCUT2D eigenvalue weighted by Crippen LogP contribution is -2.49. The van der Waals surface area contributed by atoms with Gasteiger partial charge in [-0.3, -0.25) is 4.90 Å². The second-order valence-corrected chi connectivity index (χ2v) is 5.08. The summed E-state index contributed by atoms with van der Waals surface area (Å²) in [5.74, 6) is 0.859. The van der Waals surface area contributed by atoms with E-state index in [4.69, 9.17) is 5.11 Å². The highest BCUT2D eigenvalue weighted by Crippen LogP contribution is 2.13. The number of rotatable bonds is 4. The Balaban J connectivity index is 1.64. The molecule has 0 unspecified atom stereocenters. The van der Waals surface area contributed by atoms with Crippen molar-refractivity contribution in [3.63, 3.8) is 0 Å². The van der Waals surface area contributed by atoms with Gasteiger partial charge in [0, 0.05) is 39.3 Å². The van der Waals surface area contributed by atoms with Crippen LogP contribution in [0.25, 0.3) is 0 Å². The normalized spacial score (nSPS) is 29.4. The molecule has 2 rings (SSSR count). The van der Waals surface area contributed by atoms with Crippen molar-refractivity contribution in [3.05, 3.63) is 0 Å². The first kappa shape index (κ1) is 12.3. The van der Waals surface area contributed by atoms with Crippen LogP contribution < -0.4 is 5.32 Å². The largest absolute Gasteiger partial charge is 0.395 e. The summed E-state index contributed by atoms with van der Waals surface area (Å²) < 4.78 is 0.